The van der Waals surface area contributed by atoms with Crippen molar-refractivity contribution in [3.05, 3.63) is 64.1 Å². The van der Waals surface area contributed by atoms with Crippen LogP contribution in [0.2, 0.25) is 0 Å². The molecule has 1 N–H and O–H groups in total. The van der Waals surface area contributed by atoms with Crippen LogP contribution in [0.25, 0.3) is 0 Å². The van der Waals surface area contributed by atoms with Gasteiger partial charge in [-0.25, -0.2) is 0 Å². The number of halogens is 4. The Balaban J connectivity index is 1.71. The summed E-state index contributed by atoms with van der Waals surface area (Å²) < 4.78 is 39.8. The summed E-state index contributed by atoms with van der Waals surface area (Å²) in [6.45, 7) is 0. The zero-order valence-electron chi connectivity index (χ0n) is 12.7. The van der Waals surface area contributed by atoms with Crippen LogP contribution >= 0.6 is 15.9 Å². The van der Waals surface area contributed by atoms with Crippen LogP contribution in [0.15, 0.2) is 58.2 Å². The standard InChI is InChI=1S/C17H12BrF3N2O2/c18-11-5-3-4-10(8-11)14-9-15(25-23-14)16(24)22-13-7-2-1-6-12(13)17(19,20)21/h1-8,15H,9H2,(H,22,24). The summed E-state index contributed by atoms with van der Waals surface area (Å²) in [4.78, 5) is 17.4. The smallest absolute Gasteiger partial charge is 0.382 e. The highest BCUT2D eigenvalue weighted by Gasteiger charge is 2.35. The Hall–Kier alpha value is -2.35. The first-order valence-electron chi connectivity index (χ1n) is 7.30. The second-order valence-corrected chi connectivity index (χ2v) is 6.29. The van der Waals surface area contributed by atoms with Crippen LogP contribution in [0.5, 0.6) is 0 Å². The summed E-state index contributed by atoms with van der Waals surface area (Å²) in [5.41, 5.74) is 0.125. The lowest BCUT2D eigenvalue weighted by atomic mass is 10.0. The average Bonchev–Trinajstić information content (AvgIpc) is 3.04. The molecule has 1 aliphatic heterocycles. The van der Waals surface area contributed by atoms with Crippen molar-refractivity contribution in [2.45, 2.75) is 18.7 Å². The number of carbonyl (C=O) groups excluding carboxylic acids is 1. The van der Waals surface area contributed by atoms with Crippen LogP contribution in [0, 0.1) is 0 Å². The summed E-state index contributed by atoms with van der Waals surface area (Å²) in [5.74, 6) is -0.676. The minimum Gasteiger partial charge on any atom is -0.382 e. The molecule has 1 aliphatic rings. The molecule has 1 amide bonds. The van der Waals surface area contributed by atoms with Crippen molar-refractivity contribution in [3.63, 3.8) is 0 Å². The normalized spacial score (nSPS) is 17.0. The quantitative estimate of drug-likeness (QED) is 0.800. The van der Waals surface area contributed by atoms with Crippen LogP contribution in [-0.2, 0) is 15.8 Å². The fourth-order valence-corrected chi connectivity index (χ4v) is 2.81. The van der Waals surface area contributed by atoms with Gasteiger partial charge in [0.15, 0.2) is 0 Å². The summed E-state index contributed by atoms with van der Waals surface area (Å²) in [6.07, 6.45) is -5.36. The first kappa shape index (κ1) is 17.5. The highest BCUT2D eigenvalue weighted by molar-refractivity contribution is 9.10. The van der Waals surface area contributed by atoms with Gasteiger partial charge in [0.05, 0.1) is 17.0 Å². The predicted molar refractivity (Wildman–Crippen MR) is 90.2 cm³/mol. The molecule has 0 aromatic heterocycles. The Labute approximate surface area is 149 Å². The SMILES string of the molecule is O=C(Nc1ccccc1C(F)(F)F)C1CC(c2cccc(Br)c2)=NO1. The molecule has 1 heterocycles. The average molecular weight is 413 g/mol. The number of nitrogens with zero attached hydrogens (tertiary/aromatic N) is 1. The van der Waals surface area contributed by atoms with E-state index in [2.05, 4.69) is 26.4 Å². The first-order valence-corrected chi connectivity index (χ1v) is 8.09. The van der Waals surface area contributed by atoms with Gasteiger partial charge >= 0.3 is 6.18 Å². The van der Waals surface area contributed by atoms with Crippen LogP contribution < -0.4 is 5.32 Å². The minimum absolute atomic E-state index is 0.177. The number of carbonyl (C=O) groups is 1. The first-order chi connectivity index (χ1) is 11.8. The highest BCUT2D eigenvalue weighted by Crippen LogP contribution is 2.34. The number of alkyl halides is 3. The molecule has 0 saturated carbocycles. The fraction of sp³-hybridized carbons (Fsp3) is 0.176. The summed E-state index contributed by atoms with van der Waals surface area (Å²) in [6, 6.07) is 12.1. The van der Waals surface area contributed by atoms with Crippen LogP contribution in [-0.4, -0.2) is 17.7 Å². The molecule has 0 aliphatic carbocycles. The molecule has 0 bridgehead atoms. The van der Waals surface area contributed by atoms with Gasteiger partial charge in [-0.05, 0) is 24.3 Å². The van der Waals surface area contributed by atoms with E-state index in [-0.39, 0.29) is 12.1 Å². The number of amides is 1. The molecule has 0 fully saturated rings. The fourth-order valence-electron chi connectivity index (χ4n) is 2.41. The molecule has 1 atom stereocenters. The summed E-state index contributed by atoms with van der Waals surface area (Å²) in [5, 5.41) is 6.15. The van der Waals surface area contributed by atoms with Crippen LogP contribution in [0.3, 0.4) is 0 Å². The Kier molecular flexibility index (Phi) is 4.80. The third-order valence-corrected chi connectivity index (χ3v) is 4.10. The van der Waals surface area contributed by atoms with E-state index in [0.29, 0.717) is 5.71 Å². The third-order valence-electron chi connectivity index (χ3n) is 3.61. The number of anilines is 1. The lowest BCUT2D eigenvalue weighted by molar-refractivity contribution is -0.137. The monoisotopic (exact) mass is 412 g/mol. The molecule has 25 heavy (non-hydrogen) atoms. The van der Waals surface area contributed by atoms with E-state index in [1.165, 1.54) is 18.2 Å². The van der Waals surface area contributed by atoms with Crippen LogP contribution in [0.4, 0.5) is 18.9 Å². The highest BCUT2D eigenvalue weighted by atomic mass is 79.9. The van der Waals surface area contributed by atoms with E-state index < -0.39 is 23.8 Å². The maximum Gasteiger partial charge on any atom is 0.418 e. The van der Waals surface area contributed by atoms with Gasteiger partial charge in [0.1, 0.15) is 0 Å². The zero-order chi connectivity index (χ0) is 18.0. The molecule has 0 spiro atoms. The summed E-state index contributed by atoms with van der Waals surface area (Å²) >= 11 is 3.34. The number of hydrogen-bond donors (Lipinski definition) is 1. The van der Waals surface area contributed by atoms with E-state index >= 15 is 0 Å². The number of hydrogen-bond acceptors (Lipinski definition) is 3. The number of para-hydroxylation sites is 1. The van der Waals surface area contributed by atoms with E-state index in [9.17, 15) is 18.0 Å². The Morgan fingerprint density at radius 1 is 1.20 bits per heavy atom. The minimum atomic E-state index is -4.56. The molecule has 2 aromatic carbocycles. The van der Waals surface area contributed by atoms with Gasteiger partial charge < -0.3 is 10.2 Å². The maximum absolute atomic E-state index is 13.0. The van der Waals surface area contributed by atoms with Crippen molar-refractivity contribution >= 4 is 33.2 Å². The van der Waals surface area contributed by atoms with Gasteiger partial charge in [0.25, 0.3) is 5.91 Å². The van der Waals surface area contributed by atoms with Gasteiger partial charge in [-0.3, -0.25) is 4.79 Å². The molecular formula is C17H12BrF3N2O2. The maximum atomic E-state index is 13.0. The summed E-state index contributed by atoms with van der Waals surface area (Å²) in [7, 11) is 0. The molecule has 1 unspecified atom stereocenters. The number of nitrogens with one attached hydrogen (secondary N) is 1. The van der Waals surface area contributed by atoms with E-state index in [4.69, 9.17) is 4.84 Å². The molecule has 8 heteroatoms. The zero-order valence-corrected chi connectivity index (χ0v) is 14.3. The van der Waals surface area contributed by atoms with Gasteiger partial charge in [-0.1, -0.05) is 45.4 Å². The molecule has 130 valence electrons. The number of rotatable bonds is 3. The van der Waals surface area contributed by atoms with Crippen molar-refractivity contribution in [2.75, 3.05) is 5.32 Å². The largest absolute Gasteiger partial charge is 0.418 e. The number of oxime groups is 1. The second kappa shape index (κ2) is 6.87. The van der Waals surface area contributed by atoms with Gasteiger partial charge in [0, 0.05) is 16.5 Å². The molecular weight excluding hydrogens is 401 g/mol. The van der Waals surface area contributed by atoms with Gasteiger partial charge in [-0.2, -0.15) is 13.2 Å². The third kappa shape index (κ3) is 4.01. The van der Waals surface area contributed by atoms with E-state index in [1.54, 1.807) is 0 Å². The Morgan fingerprint density at radius 2 is 1.96 bits per heavy atom. The second-order valence-electron chi connectivity index (χ2n) is 5.38. The van der Waals surface area contributed by atoms with Gasteiger partial charge in [0.2, 0.25) is 6.10 Å². The van der Waals surface area contributed by atoms with Crippen molar-refractivity contribution in [1.82, 2.24) is 0 Å². The van der Waals surface area contributed by atoms with Crippen molar-refractivity contribution in [1.29, 1.82) is 0 Å². The molecule has 0 saturated heterocycles. The lowest BCUT2D eigenvalue weighted by Crippen LogP contribution is -2.29. The molecule has 0 radical (unpaired) electrons. The van der Waals surface area contributed by atoms with Crippen molar-refractivity contribution in [2.24, 2.45) is 5.16 Å². The predicted octanol–water partition coefficient (Wildman–Crippen LogP) is 4.60. The Bertz CT molecular complexity index is 837. The van der Waals surface area contributed by atoms with E-state index in [1.807, 2.05) is 24.3 Å². The molecule has 3 rings (SSSR count). The Morgan fingerprint density at radius 3 is 2.68 bits per heavy atom. The van der Waals surface area contributed by atoms with Gasteiger partial charge in [-0.15, -0.1) is 0 Å². The van der Waals surface area contributed by atoms with E-state index in [0.717, 1.165) is 16.1 Å². The topological polar surface area (TPSA) is 50.7 Å². The van der Waals surface area contributed by atoms with Crippen molar-refractivity contribution < 1.29 is 22.8 Å². The molecule has 4 nitrogen and oxygen atoms in total. The molecule has 2 aromatic rings. The number of benzene rings is 2. The van der Waals surface area contributed by atoms with Crippen molar-refractivity contribution in [3.8, 4) is 0 Å². The van der Waals surface area contributed by atoms with Crippen LogP contribution in [0.1, 0.15) is 17.5 Å². The lowest BCUT2D eigenvalue weighted by Gasteiger charge is -2.15.